The van der Waals surface area contributed by atoms with Crippen molar-refractivity contribution in [2.24, 2.45) is 5.92 Å². The summed E-state index contributed by atoms with van der Waals surface area (Å²) in [6.45, 7) is 9.90. The first-order valence-electron chi connectivity index (χ1n) is 12.7. The van der Waals surface area contributed by atoms with Gasteiger partial charge in [0.25, 0.3) is 0 Å². The number of piperazine rings is 1. The standard InChI is InChI=1S/C26H35N3O3S.CH3ClO2S/c1-19-9-10-21(3)25(17-19)27-13-15-28(16-14-27)26(30)24-18-29(33(4,31)32)12-11-23(24)22-8-6-5-7-20(22)2;1-5(2,3)4/h5-10,17,23-24H,11-16,18H2,1-4H3;1H3/t23-,24-;/m1./s1. The number of nitrogens with zero attached hydrogens (tertiary/aromatic N) is 3. The van der Waals surface area contributed by atoms with Gasteiger partial charge >= 0.3 is 0 Å². The summed E-state index contributed by atoms with van der Waals surface area (Å²) >= 11 is 0. The smallest absolute Gasteiger partial charge is 0.229 e. The van der Waals surface area contributed by atoms with Crippen LogP contribution in [0.5, 0.6) is 0 Å². The third-order valence-electron chi connectivity index (χ3n) is 7.25. The molecule has 210 valence electrons. The van der Waals surface area contributed by atoms with Crippen molar-refractivity contribution in [2.45, 2.75) is 33.1 Å². The van der Waals surface area contributed by atoms with Crippen LogP contribution in [0.25, 0.3) is 0 Å². The molecule has 0 saturated carbocycles. The Balaban J connectivity index is 0.000000732. The fraction of sp³-hybridized carbons (Fsp3) is 0.519. The maximum atomic E-state index is 13.8. The van der Waals surface area contributed by atoms with Gasteiger partial charge < -0.3 is 9.80 Å². The van der Waals surface area contributed by atoms with Crippen LogP contribution in [0.15, 0.2) is 42.5 Å². The van der Waals surface area contributed by atoms with Gasteiger partial charge in [-0.25, -0.2) is 21.1 Å². The number of halogens is 1. The van der Waals surface area contributed by atoms with Gasteiger partial charge in [-0.1, -0.05) is 36.4 Å². The van der Waals surface area contributed by atoms with Crippen LogP contribution in [-0.4, -0.2) is 83.7 Å². The number of amides is 1. The van der Waals surface area contributed by atoms with Crippen molar-refractivity contribution in [3.8, 4) is 0 Å². The predicted octanol–water partition coefficient (Wildman–Crippen LogP) is 3.51. The number of piperidine rings is 1. The second-order valence-corrected chi connectivity index (χ2v) is 15.3. The van der Waals surface area contributed by atoms with E-state index < -0.39 is 19.1 Å². The molecule has 0 aromatic heterocycles. The number of benzene rings is 2. The summed E-state index contributed by atoms with van der Waals surface area (Å²) in [5.41, 5.74) is 6.04. The van der Waals surface area contributed by atoms with E-state index in [0.29, 0.717) is 26.1 Å². The molecule has 0 bridgehead atoms. The topological polar surface area (TPSA) is 95.1 Å². The zero-order chi connectivity index (χ0) is 28.3. The molecule has 2 heterocycles. The first kappa shape index (κ1) is 30.4. The number of sulfonamides is 1. The third-order valence-corrected chi connectivity index (χ3v) is 8.52. The van der Waals surface area contributed by atoms with Crippen molar-refractivity contribution in [1.82, 2.24) is 9.21 Å². The van der Waals surface area contributed by atoms with Crippen molar-refractivity contribution in [3.05, 3.63) is 64.7 Å². The minimum atomic E-state index is -3.34. The fourth-order valence-corrected chi connectivity index (χ4v) is 6.18. The molecule has 0 spiro atoms. The summed E-state index contributed by atoms with van der Waals surface area (Å²) < 4.78 is 44.9. The van der Waals surface area contributed by atoms with E-state index in [0.717, 1.165) is 30.5 Å². The van der Waals surface area contributed by atoms with Gasteiger partial charge in [0.15, 0.2) is 0 Å². The van der Waals surface area contributed by atoms with Gasteiger partial charge in [-0.05, 0) is 61.4 Å². The molecule has 2 aromatic carbocycles. The number of aryl methyl sites for hydroxylation is 3. The summed E-state index contributed by atoms with van der Waals surface area (Å²) in [5, 5.41) is 0. The Bertz CT molecular complexity index is 1350. The van der Waals surface area contributed by atoms with Crippen molar-refractivity contribution < 1.29 is 21.6 Å². The molecule has 2 saturated heterocycles. The van der Waals surface area contributed by atoms with Gasteiger partial charge in [-0.2, -0.15) is 0 Å². The third kappa shape index (κ3) is 8.18. The van der Waals surface area contributed by atoms with Crippen LogP contribution in [-0.2, 0) is 23.9 Å². The van der Waals surface area contributed by atoms with Crippen LogP contribution in [0, 0.1) is 26.7 Å². The molecule has 2 fully saturated rings. The van der Waals surface area contributed by atoms with Gasteiger partial charge in [0.1, 0.15) is 0 Å². The highest BCUT2D eigenvalue weighted by atomic mass is 35.7. The first-order chi connectivity index (χ1) is 17.6. The average molecular weight is 584 g/mol. The second kappa shape index (κ2) is 12.4. The zero-order valence-electron chi connectivity index (χ0n) is 22.7. The van der Waals surface area contributed by atoms with Crippen LogP contribution in [0.2, 0.25) is 0 Å². The lowest BCUT2D eigenvalue weighted by molar-refractivity contribution is -0.137. The summed E-state index contributed by atoms with van der Waals surface area (Å²) in [4.78, 5) is 18.1. The Morgan fingerprint density at radius 3 is 2.05 bits per heavy atom. The number of carbonyl (C=O) groups is 1. The Morgan fingerprint density at radius 1 is 0.868 bits per heavy atom. The molecule has 4 rings (SSSR count). The van der Waals surface area contributed by atoms with E-state index in [4.69, 9.17) is 0 Å². The minimum Gasteiger partial charge on any atom is -0.368 e. The van der Waals surface area contributed by atoms with Crippen molar-refractivity contribution >= 4 is 41.4 Å². The molecule has 2 aromatic rings. The SMILES string of the molecule is CS(=O)(=O)Cl.Cc1ccc(C)c(N2CCN(C(=O)[C@@H]3CN(S(C)(=O)=O)CC[C@@H]3c3ccccc3C)CC2)c1. The van der Waals surface area contributed by atoms with E-state index in [1.807, 2.05) is 17.0 Å². The minimum absolute atomic E-state index is 0.0359. The Morgan fingerprint density at radius 2 is 1.47 bits per heavy atom. The van der Waals surface area contributed by atoms with E-state index in [2.05, 4.69) is 66.7 Å². The Kier molecular flexibility index (Phi) is 9.89. The van der Waals surface area contributed by atoms with Crippen LogP contribution in [0.1, 0.15) is 34.6 Å². The lowest BCUT2D eigenvalue weighted by Gasteiger charge is -2.42. The number of hydrogen-bond donors (Lipinski definition) is 0. The van der Waals surface area contributed by atoms with Gasteiger partial charge in [0.05, 0.1) is 18.4 Å². The van der Waals surface area contributed by atoms with Crippen molar-refractivity contribution in [2.75, 3.05) is 56.7 Å². The Labute approximate surface area is 232 Å². The first-order valence-corrected chi connectivity index (χ1v) is 17.2. The maximum Gasteiger partial charge on any atom is 0.229 e. The highest BCUT2D eigenvalue weighted by molar-refractivity contribution is 8.13. The van der Waals surface area contributed by atoms with Gasteiger partial charge in [-0.15, -0.1) is 0 Å². The quantitative estimate of drug-likeness (QED) is 0.511. The monoisotopic (exact) mass is 583 g/mol. The summed E-state index contributed by atoms with van der Waals surface area (Å²) in [6.07, 6.45) is 2.83. The average Bonchev–Trinajstić information content (AvgIpc) is 2.84. The van der Waals surface area contributed by atoms with Crippen molar-refractivity contribution in [1.29, 1.82) is 0 Å². The van der Waals surface area contributed by atoms with Gasteiger partial charge in [-0.3, -0.25) is 4.79 Å². The zero-order valence-corrected chi connectivity index (χ0v) is 25.1. The normalized spacial score (nSPS) is 21.0. The van der Waals surface area contributed by atoms with Crippen LogP contribution in [0.4, 0.5) is 5.69 Å². The van der Waals surface area contributed by atoms with E-state index >= 15 is 0 Å². The molecule has 38 heavy (non-hydrogen) atoms. The molecule has 2 atom stereocenters. The van der Waals surface area contributed by atoms with Crippen molar-refractivity contribution in [3.63, 3.8) is 0 Å². The Hall–Kier alpha value is -2.14. The number of anilines is 1. The molecule has 2 aliphatic heterocycles. The maximum absolute atomic E-state index is 13.8. The summed E-state index contributed by atoms with van der Waals surface area (Å²) in [7, 11) is -2.03. The predicted molar refractivity (Wildman–Crippen MR) is 154 cm³/mol. The molecule has 0 radical (unpaired) electrons. The molecule has 0 aliphatic carbocycles. The lowest BCUT2D eigenvalue weighted by Crippen LogP contribution is -2.54. The number of rotatable bonds is 4. The van der Waals surface area contributed by atoms with Crippen LogP contribution < -0.4 is 4.90 Å². The summed E-state index contributed by atoms with van der Waals surface area (Å²) in [5.74, 6) is -0.243. The lowest BCUT2D eigenvalue weighted by atomic mass is 9.78. The van der Waals surface area contributed by atoms with E-state index in [-0.39, 0.29) is 24.3 Å². The van der Waals surface area contributed by atoms with Crippen LogP contribution >= 0.6 is 10.7 Å². The number of hydrogen-bond acceptors (Lipinski definition) is 6. The van der Waals surface area contributed by atoms with E-state index in [1.54, 1.807) is 0 Å². The fourth-order valence-electron chi connectivity index (χ4n) is 5.31. The summed E-state index contributed by atoms with van der Waals surface area (Å²) in [6, 6.07) is 14.7. The molecule has 0 unspecified atom stereocenters. The second-order valence-electron chi connectivity index (χ2n) is 10.3. The number of carbonyl (C=O) groups excluding carboxylic acids is 1. The largest absolute Gasteiger partial charge is 0.368 e. The highest BCUT2D eigenvalue weighted by Gasteiger charge is 2.40. The van der Waals surface area contributed by atoms with Crippen LogP contribution in [0.3, 0.4) is 0 Å². The molecule has 11 heteroatoms. The molecular formula is C27H38ClN3O5S2. The van der Waals surface area contributed by atoms with Gasteiger partial charge in [0.2, 0.25) is 25.0 Å². The molecule has 0 N–H and O–H groups in total. The molecule has 2 aliphatic rings. The molecular weight excluding hydrogens is 546 g/mol. The molecule has 1 amide bonds. The van der Waals surface area contributed by atoms with E-state index in [9.17, 15) is 21.6 Å². The van der Waals surface area contributed by atoms with Gasteiger partial charge in [0, 0.05) is 55.6 Å². The highest BCUT2D eigenvalue weighted by Crippen LogP contribution is 2.37. The van der Waals surface area contributed by atoms with E-state index in [1.165, 1.54) is 27.4 Å². The molecule has 8 nitrogen and oxygen atoms in total.